The molecule has 1 aromatic carbocycles. The number of benzene rings is 1. The van der Waals surface area contributed by atoms with Crippen LogP contribution in [0, 0.1) is 6.92 Å². The van der Waals surface area contributed by atoms with Gasteiger partial charge >= 0.3 is 0 Å². The van der Waals surface area contributed by atoms with Crippen LogP contribution in [0.1, 0.15) is 36.8 Å². The fourth-order valence-corrected chi connectivity index (χ4v) is 2.42. The SMILES string of the molecule is Cc1cccc(CCC(=O)N(CCCN)C2CC2)c1. The largest absolute Gasteiger partial charge is 0.340 e. The number of carbonyl (C=O) groups is 1. The summed E-state index contributed by atoms with van der Waals surface area (Å²) in [6.07, 6.45) is 4.70. The van der Waals surface area contributed by atoms with Crippen molar-refractivity contribution < 1.29 is 4.79 Å². The average Bonchev–Trinajstić information content (AvgIpc) is 3.21. The highest BCUT2D eigenvalue weighted by atomic mass is 16.2. The van der Waals surface area contributed by atoms with Gasteiger partial charge in [0.15, 0.2) is 0 Å². The summed E-state index contributed by atoms with van der Waals surface area (Å²) in [7, 11) is 0. The summed E-state index contributed by atoms with van der Waals surface area (Å²) in [5.74, 6) is 0.289. The molecule has 1 amide bonds. The average molecular weight is 260 g/mol. The van der Waals surface area contributed by atoms with E-state index in [4.69, 9.17) is 5.73 Å². The molecule has 19 heavy (non-hydrogen) atoms. The zero-order valence-electron chi connectivity index (χ0n) is 11.8. The lowest BCUT2D eigenvalue weighted by Gasteiger charge is -2.22. The van der Waals surface area contributed by atoms with Crippen molar-refractivity contribution in [1.29, 1.82) is 0 Å². The first-order valence-corrected chi connectivity index (χ1v) is 7.26. The molecule has 0 aliphatic heterocycles. The highest BCUT2D eigenvalue weighted by Gasteiger charge is 2.31. The molecule has 1 fully saturated rings. The second kappa shape index (κ2) is 6.71. The molecule has 1 saturated carbocycles. The highest BCUT2D eigenvalue weighted by molar-refractivity contribution is 5.77. The van der Waals surface area contributed by atoms with Crippen LogP contribution in [-0.4, -0.2) is 29.9 Å². The van der Waals surface area contributed by atoms with E-state index in [0.717, 1.165) is 19.4 Å². The Hall–Kier alpha value is -1.35. The molecule has 0 radical (unpaired) electrons. The van der Waals surface area contributed by atoms with E-state index in [9.17, 15) is 4.79 Å². The number of carbonyl (C=O) groups excluding carboxylic acids is 1. The van der Waals surface area contributed by atoms with E-state index in [-0.39, 0.29) is 5.91 Å². The minimum atomic E-state index is 0.289. The normalized spacial score (nSPS) is 14.4. The molecule has 2 N–H and O–H groups in total. The van der Waals surface area contributed by atoms with Crippen LogP contribution in [0.25, 0.3) is 0 Å². The molecule has 104 valence electrons. The Labute approximate surface area is 115 Å². The summed E-state index contributed by atoms with van der Waals surface area (Å²) < 4.78 is 0. The van der Waals surface area contributed by atoms with Crippen LogP contribution < -0.4 is 5.73 Å². The van der Waals surface area contributed by atoms with Gasteiger partial charge in [-0.05, 0) is 44.7 Å². The molecule has 0 saturated heterocycles. The molecule has 0 atom stereocenters. The molecule has 3 heteroatoms. The van der Waals surface area contributed by atoms with Gasteiger partial charge < -0.3 is 10.6 Å². The summed E-state index contributed by atoms with van der Waals surface area (Å²) in [5.41, 5.74) is 8.05. The minimum Gasteiger partial charge on any atom is -0.340 e. The molecule has 0 heterocycles. The van der Waals surface area contributed by atoms with Gasteiger partial charge in [-0.2, -0.15) is 0 Å². The molecule has 0 unspecified atom stereocenters. The van der Waals surface area contributed by atoms with Crippen molar-refractivity contribution in [2.24, 2.45) is 5.73 Å². The molecular weight excluding hydrogens is 236 g/mol. The fourth-order valence-electron chi connectivity index (χ4n) is 2.42. The smallest absolute Gasteiger partial charge is 0.223 e. The van der Waals surface area contributed by atoms with Crippen molar-refractivity contribution in [3.63, 3.8) is 0 Å². The van der Waals surface area contributed by atoms with E-state index < -0.39 is 0 Å². The van der Waals surface area contributed by atoms with Gasteiger partial charge in [0.1, 0.15) is 0 Å². The van der Waals surface area contributed by atoms with Crippen LogP contribution in [0.2, 0.25) is 0 Å². The number of nitrogens with zero attached hydrogens (tertiary/aromatic N) is 1. The van der Waals surface area contributed by atoms with E-state index in [1.807, 2.05) is 4.90 Å². The molecule has 1 aromatic rings. The fraction of sp³-hybridized carbons (Fsp3) is 0.562. The van der Waals surface area contributed by atoms with Crippen molar-refractivity contribution in [2.75, 3.05) is 13.1 Å². The standard InChI is InChI=1S/C16H24N2O/c1-13-4-2-5-14(12-13)6-9-16(19)18(11-3-10-17)15-7-8-15/h2,4-5,12,15H,3,6-11,17H2,1H3. The van der Waals surface area contributed by atoms with E-state index in [1.54, 1.807) is 0 Å². The number of hydrogen-bond donors (Lipinski definition) is 1. The van der Waals surface area contributed by atoms with Gasteiger partial charge in [-0.1, -0.05) is 29.8 Å². The lowest BCUT2D eigenvalue weighted by atomic mass is 10.1. The van der Waals surface area contributed by atoms with Crippen molar-refractivity contribution in [2.45, 2.75) is 45.1 Å². The predicted molar refractivity (Wildman–Crippen MR) is 77.9 cm³/mol. The van der Waals surface area contributed by atoms with Crippen LogP contribution >= 0.6 is 0 Å². The van der Waals surface area contributed by atoms with Gasteiger partial charge in [0.2, 0.25) is 5.91 Å². The number of aryl methyl sites for hydroxylation is 2. The maximum absolute atomic E-state index is 12.3. The lowest BCUT2D eigenvalue weighted by molar-refractivity contribution is -0.131. The van der Waals surface area contributed by atoms with Crippen LogP contribution in [-0.2, 0) is 11.2 Å². The van der Waals surface area contributed by atoms with Gasteiger partial charge in [0.25, 0.3) is 0 Å². The summed E-state index contributed by atoms with van der Waals surface area (Å²) in [6.45, 7) is 3.57. The van der Waals surface area contributed by atoms with E-state index >= 15 is 0 Å². The Kier molecular flexibility index (Phi) is 4.97. The van der Waals surface area contributed by atoms with Gasteiger partial charge in [-0.3, -0.25) is 4.79 Å². The second-order valence-electron chi connectivity index (χ2n) is 5.45. The molecular formula is C16H24N2O. The predicted octanol–water partition coefficient (Wildman–Crippen LogP) is 2.27. The molecule has 1 aliphatic rings. The maximum atomic E-state index is 12.3. The Bertz CT molecular complexity index is 427. The van der Waals surface area contributed by atoms with Crippen LogP contribution in [0.15, 0.2) is 24.3 Å². The second-order valence-corrected chi connectivity index (χ2v) is 5.45. The minimum absolute atomic E-state index is 0.289. The van der Waals surface area contributed by atoms with Crippen molar-refractivity contribution >= 4 is 5.91 Å². The lowest BCUT2D eigenvalue weighted by Crippen LogP contribution is -2.35. The first kappa shape index (κ1) is 14.1. The first-order chi connectivity index (χ1) is 9.20. The Morgan fingerprint density at radius 1 is 1.42 bits per heavy atom. The summed E-state index contributed by atoms with van der Waals surface area (Å²) >= 11 is 0. The van der Waals surface area contributed by atoms with Crippen molar-refractivity contribution in [3.8, 4) is 0 Å². The van der Waals surface area contributed by atoms with Gasteiger partial charge in [-0.25, -0.2) is 0 Å². The Morgan fingerprint density at radius 3 is 2.84 bits per heavy atom. The Morgan fingerprint density at radius 2 is 2.21 bits per heavy atom. The van der Waals surface area contributed by atoms with E-state index in [1.165, 1.54) is 24.0 Å². The third-order valence-electron chi connectivity index (χ3n) is 3.62. The van der Waals surface area contributed by atoms with E-state index in [0.29, 0.717) is 19.0 Å². The molecule has 3 nitrogen and oxygen atoms in total. The zero-order chi connectivity index (χ0) is 13.7. The first-order valence-electron chi connectivity index (χ1n) is 7.26. The number of amides is 1. The maximum Gasteiger partial charge on any atom is 0.223 e. The van der Waals surface area contributed by atoms with Crippen LogP contribution in [0.4, 0.5) is 0 Å². The molecule has 2 rings (SSSR count). The molecule has 0 spiro atoms. The van der Waals surface area contributed by atoms with E-state index in [2.05, 4.69) is 31.2 Å². The van der Waals surface area contributed by atoms with Crippen LogP contribution in [0.3, 0.4) is 0 Å². The number of nitrogens with two attached hydrogens (primary N) is 1. The zero-order valence-corrected chi connectivity index (χ0v) is 11.8. The summed E-state index contributed by atoms with van der Waals surface area (Å²) in [5, 5.41) is 0. The Balaban J connectivity index is 1.85. The third-order valence-corrected chi connectivity index (χ3v) is 3.62. The quantitative estimate of drug-likeness (QED) is 0.817. The third kappa shape index (κ3) is 4.35. The molecule has 0 bridgehead atoms. The summed E-state index contributed by atoms with van der Waals surface area (Å²) in [6, 6.07) is 8.90. The number of hydrogen-bond acceptors (Lipinski definition) is 2. The van der Waals surface area contributed by atoms with Crippen LogP contribution in [0.5, 0.6) is 0 Å². The summed E-state index contributed by atoms with van der Waals surface area (Å²) in [4.78, 5) is 14.3. The monoisotopic (exact) mass is 260 g/mol. The van der Waals surface area contributed by atoms with Gasteiger partial charge in [0.05, 0.1) is 0 Å². The van der Waals surface area contributed by atoms with Gasteiger partial charge in [-0.15, -0.1) is 0 Å². The van der Waals surface area contributed by atoms with Crippen molar-refractivity contribution in [1.82, 2.24) is 4.90 Å². The highest BCUT2D eigenvalue weighted by Crippen LogP contribution is 2.27. The molecule has 0 aromatic heterocycles. The molecule has 1 aliphatic carbocycles. The van der Waals surface area contributed by atoms with Crippen molar-refractivity contribution in [3.05, 3.63) is 35.4 Å². The van der Waals surface area contributed by atoms with Gasteiger partial charge in [0, 0.05) is 19.0 Å². The topological polar surface area (TPSA) is 46.3 Å². The number of rotatable bonds is 7.